The van der Waals surface area contributed by atoms with E-state index in [1.165, 1.54) is 17.0 Å². The van der Waals surface area contributed by atoms with E-state index in [1.54, 1.807) is 26.8 Å². The minimum atomic E-state index is -0.967. The zero-order valence-electron chi connectivity index (χ0n) is 12.3. The minimum Gasteiger partial charge on any atom is -0.508 e. The molecule has 0 bridgehead atoms. The predicted molar refractivity (Wildman–Crippen MR) is 76.7 cm³/mol. The third kappa shape index (κ3) is 3.26. The van der Waals surface area contributed by atoms with E-state index in [9.17, 15) is 19.8 Å². The van der Waals surface area contributed by atoms with Crippen LogP contribution in [0.3, 0.4) is 0 Å². The van der Waals surface area contributed by atoms with Crippen LogP contribution in [-0.2, 0) is 9.53 Å². The van der Waals surface area contributed by atoms with Crippen LogP contribution in [0.15, 0.2) is 18.2 Å². The summed E-state index contributed by atoms with van der Waals surface area (Å²) in [5.41, 5.74) is 0.276. The Hall–Kier alpha value is -2.24. The number of carboxylic acid groups (broad SMARTS) is 1. The van der Waals surface area contributed by atoms with Gasteiger partial charge >= 0.3 is 12.1 Å². The van der Waals surface area contributed by atoms with E-state index in [1.807, 2.05) is 0 Å². The topological polar surface area (TPSA) is 87.1 Å². The van der Waals surface area contributed by atoms with Gasteiger partial charge in [0, 0.05) is 6.54 Å². The first kappa shape index (κ1) is 15.2. The zero-order valence-corrected chi connectivity index (χ0v) is 12.3. The van der Waals surface area contributed by atoms with Crippen LogP contribution in [0.5, 0.6) is 5.75 Å². The Morgan fingerprint density at radius 1 is 1.33 bits per heavy atom. The van der Waals surface area contributed by atoms with Gasteiger partial charge in [-0.15, -0.1) is 0 Å². The molecular formula is C15H19NO5. The highest BCUT2D eigenvalue weighted by molar-refractivity contribution is 5.92. The van der Waals surface area contributed by atoms with E-state index in [-0.39, 0.29) is 18.7 Å². The molecule has 1 aromatic carbocycles. The number of amides is 1. The van der Waals surface area contributed by atoms with Crippen LogP contribution in [0.4, 0.5) is 10.5 Å². The van der Waals surface area contributed by atoms with Crippen LogP contribution < -0.4 is 4.90 Å². The van der Waals surface area contributed by atoms with Crippen molar-refractivity contribution in [2.24, 2.45) is 0 Å². The monoisotopic (exact) mass is 293 g/mol. The van der Waals surface area contributed by atoms with Crippen LogP contribution in [-0.4, -0.2) is 34.4 Å². The standard InChI is InChI=1S/C15H19NO5/c1-15(2,3)21-14(20)16-7-6-10(13(18)19)11-8-9(17)4-5-12(11)16/h4-5,8,10,17H,6-7H2,1-3H3,(H,18,19). The second kappa shape index (κ2) is 5.27. The number of phenols is 1. The molecule has 1 aliphatic heterocycles. The Labute approximate surface area is 122 Å². The molecule has 2 N–H and O–H groups in total. The summed E-state index contributed by atoms with van der Waals surface area (Å²) in [6.45, 7) is 5.58. The number of aliphatic carboxylic acids is 1. The summed E-state index contributed by atoms with van der Waals surface area (Å²) < 4.78 is 5.34. The molecule has 1 unspecified atom stereocenters. The number of carbonyl (C=O) groups excluding carboxylic acids is 1. The van der Waals surface area contributed by atoms with Gasteiger partial charge in [0.25, 0.3) is 0 Å². The van der Waals surface area contributed by atoms with Gasteiger partial charge in [0.15, 0.2) is 0 Å². The van der Waals surface area contributed by atoms with Crippen molar-refractivity contribution < 1.29 is 24.5 Å². The van der Waals surface area contributed by atoms with E-state index in [0.29, 0.717) is 11.3 Å². The lowest BCUT2D eigenvalue weighted by atomic mass is 9.90. The van der Waals surface area contributed by atoms with Crippen molar-refractivity contribution in [1.82, 2.24) is 0 Å². The number of hydrogen-bond donors (Lipinski definition) is 2. The van der Waals surface area contributed by atoms with Gasteiger partial charge in [-0.2, -0.15) is 0 Å². The number of nitrogens with zero attached hydrogens (tertiary/aromatic N) is 1. The Kier molecular flexibility index (Phi) is 3.80. The molecular weight excluding hydrogens is 274 g/mol. The molecule has 0 aliphatic carbocycles. The Morgan fingerprint density at radius 2 is 2.00 bits per heavy atom. The molecule has 1 aliphatic rings. The average molecular weight is 293 g/mol. The number of rotatable bonds is 1. The number of anilines is 1. The highest BCUT2D eigenvalue weighted by atomic mass is 16.6. The maximum atomic E-state index is 12.2. The number of aromatic hydroxyl groups is 1. The van der Waals surface area contributed by atoms with Gasteiger partial charge in [0.1, 0.15) is 11.4 Å². The maximum Gasteiger partial charge on any atom is 0.414 e. The predicted octanol–water partition coefficient (Wildman–Crippen LogP) is 2.71. The number of fused-ring (bicyclic) bond motifs is 1. The lowest BCUT2D eigenvalue weighted by Gasteiger charge is -2.34. The number of ether oxygens (including phenoxy) is 1. The maximum absolute atomic E-state index is 12.2. The molecule has 2 rings (SSSR count). The summed E-state index contributed by atoms with van der Waals surface area (Å²) in [5, 5.41) is 18.8. The van der Waals surface area contributed by atoms with Crippen LogP contribution in [0.25, 0.3) is 0 Å². The van der Waals surface area contributed by atoms with Gasteiger partial charge in [-0.1, -0.05) is 0 Å². The van der Waals surface area contributed by atoms with E-state index >= 15 is 0 Å². The molecule has 0 fully saturated rings. The highest BCUT2D eigenvalue weighted by Crippen LogP contribution is 2.38. The van der Waals surface area contributed by atoms with Crippen molar-refractivity contribution >= 4 is 17.7 Å². The zero-order chi connectivity index (χ0) is 15.8. The van der Waals surface area contributed by atoms with Crippen LogP contribution in [0, 0.1) is 0 Å². The van der Waals surface area contributed by atoms with Gasteiger partial charge < -0.3 is 14.9 Å². The summed E-state index contributed by atoms with van der Waals surface area (Å²) in [6, 6.07) is 4.37. The van der Waals surface area contributed by atoms with Crippen molar-refractivity contribution in [2.45, 2.75) is 38.7 Å². The highest BCUT2D eigenvalue weighted by Gasteiger charge is 2.34. The molecule has 1 amide bonds. The number of phenolic OH excluding ortho intramolecular Hbond substituents is 1. The normalized spacial score (nSPS) is 18.0. The smallest absolute Gasteiger partial charge is 0.414 e. The summed E-state index contributed by atoms with van der Waals surface area (Å²) >= 11 is 0. The SMILES string of the molecule is CC(C)(C)OC(=O)N1CCC(C(=O)O)c2cc(O)ccc21. The molecule has 0 spiro atoms. The molecule has 1 aromatic rings. The van der Waals surface area contributed by atoms with E-state index in [4.69, 9.17) is 4.74 Å². The summed E-state index contributed by atoms with van der Waals surface area (Å²) in [6.07, 6.45) is -0.233. The van der Waals surface area contributed by atoms with Crippen molar-refractivity contribution in [1.29, 1.82) is 0 Å². The fourth-order valence-electron chi connectivity index (χ4n) is 2.36. The molecule has 1 atom stereocenters. The number of carboxylic acids is 1. The molecule has 0 saturated heterocycles. The van der Waals surface area contributed by atoms with Crippen molar-refractivity contribution in [3.63, 3.8) is 0 Å². The second-order valence-electron chi connectivity index (χ2n) is 6.05. The van der Waals surface area contributed by atoms with Crippen molar-refractivity contribution in [2.75, 3.05) is 11.4 Å². The molecule has 6 heteroatoms. The van der Waals surface area contributed by atoms with Crippen molar-refractivity contribution in [3.05, 3.63) is 23.8 Å². The fraction of sp³-hybridized carbons (Fsp3) is 0.467. The molecule has 1 heterocycles. The summed E-state index contributed by atoms with van der Waals surface area (Å²) in [5.74, 6) is -1.72. The van der Waals surface area contributed by atoms with Crippen LogP contribution >= 0.6 is 0 Å². The van der Waals surface area contributed by atoms with Crippen LogP contribution in [0.1, 0.15) is 38.7 Å². The Morgan fingerprint density at radius 3 is 2.57 bits per heavy atom. The van der Waals surface area contributed by atoms with E-state index in [2.05, 4.69) is 0 Å². The summed E-state index contributed by atoms with van der Waals surface area (Å²) in [7, 11) is 0. The third-order valence-corrected chi connectivity index (χ3v) is 3.23. The largest absolute Gasteiger partial charge is 0.508 e. The first-order valence-corrected chi connectivity index (χ1v) is 6.75. The first-order valence-electron chi connectivity index (χ1n) is 6.75. The molecule has 6 nitrogen and oxygen atoms in total. The van der Waals surface area contributed by atoms with E-state index in [0.717, 1.165) is 0 Å². The second-order valence-corrected chi connectivity index (χ2v) is 6.05. The Balaban J connectivity index is 2.38. The first-order chi connectivity index (χ1) is 9.69. The lowest BCUT2D eigenvalue weighted by molar-refractivity contribution is -0.139. The minimum absolute atomic E-state index is 0.0222. The van der Waals surface area contributed by atoms with Gasteiger partial charge in [-0.25, -0.2) is 4.79 Å². The van der Waals surface area contributed by atoms with Gasteiger partial charge in [0.05, 0.1) is 11.6 Å². The molecule has 0 saturated carbocycles. The van der Waals surface area contributed by atoms with Crippen molar-refractivity contribution in [3.8, 4) is 5.75 Å². The van der Waals surface area contributed by atoms with Gasteiger partial charge in [-0.05, 0) is 51.0 Å². The van der Waals surface area contributed by atoms with Gasteiger partial charge in [0.2, 0.25) is 0 Å². The van der Waals surface area contributed by atoms with Crippen LogP contribution in [0.2, 0.25) is 0 Å². The summed E-state index contributed by atoms with van der Waals surface area (Å²) in [4.78, 5) is 25.0. The quantitative estimate of drug-likeness (QED) is 0.831. The molecule has 0 radical (unpaired) electrons. The van der Waals surface area contributed by atoms with Gasteiger partial charge in [-0.3, -0.25) is 9.69 Å². The Bertz CT molecular complexity index is 576. The molecule has 0 aromatic heterocycles. The lowest BCUT2D eigenvalue weighted by Crippen LogP contribution is -2.41. The number of carbonyl (C=O) groups is 2. The molecule has 114 valence electrons. The third-order valence-electron chi connectivity index (χ3n) is 3.23. The fourth-order valence-corrected chi connectivity index (χ4v) is 2.36. The van der Waals surface area contributed by atoms with E-state index < -0.39 is 23.6 Å². The number of hydrogen-bond acceptors (Lipinski definition) is 4. The molecule has 21 heavy (non-hydrogen) atoms. The number of benzene rings is 1. The average Bonchev–Trinajstić information content (AvgIpc) is 2.34.